The summed E-state index contributed by atoms with van der Waals surface area (Å²) in [4.78, 5) is 12.0. The zero-order chi connectivity index (χ0) is 12.3. The molecular formula is C11H9ClN4O. The van der Waals surface area contributed by atoms with Crippen LogP contribution in [0.2, 0.25) is 5.02 Å². The molecule has 1 N–H and O–H groups in total. The number of terminal acetylenes is 1. The summed E-state index contributed by atoms with van der Waals surface area (Å²) in [5.74, 6) is 2.35. The van der Waals surface area contributed by atoms with Crippen molar-refractivity contribution < 1.29 is 0 Å². The van der Waals surface area contributed by atoms with Crippen LogP contribution in [0.3, 0.4) is 0 Å². The van der Waals surface area contributed by atoms with Crippen LogP contribution in [0.15, 0.2) is 35.5 Å². The Morgan fingerprint density at radius 2 is 2.18 bits per heavy atom. The minimum absolute atomic E-state index is 0.108. The molecule has 0 fully saturated rings. The lowest BCUT2D eigenvalue weighted by Crippen LogP contribution is -2.27. The molecule has 6 heteroatoms. The Balaban J connectivity index is 2.42. The molecule has 0 saturated carbocycles. The second-order valence-corrected chi connectivity index (χ2v) is 3.64. The van der Waals surface area contributed by atoms with Crippen molar-refractivity contribution in [1.82, 2.24) is 14.5 Å². The minimum Gasteiger partial charge on any atom is -0.288 e. The Hall–Kier alpha value is -2.19. The summed E-state index contributed by atoms with van der Waals surface area (Å²) in [6, 6.07) is 3.64. The van der Waals surface area contributed by atoms with Crippen LogP contribution in [-0.2, 0) is 6.54 Å². The average molecular weight is 249 g/mol. The van der Waals surface area contributed by atoms with Gasteiger partial charge in [-0.3, -0.25) is 14.9 Å². The van der Waals surface area contributed by atoms with E-state index in [4.69, 9.17) is 18.0 Å². The van der Waals surface area contributed by atoms with Gasteiger partial charge in [-0.25, -0.2) is 4.68 Å². The van der Waals surface area contributed by atoms with Gasteiger partial charge in [-0.15, -0.1) is 6.42 Å². The fourth-order valence-corrected chi connectivity index (χ4v) is 1.47. The van der Waals surface area contributed by atoms with Crippen LogP contribution in [0.5, 0.6) is 0 Å². The predicted molar refractivity (Wildman–Crippen MR) is 65.8 cm³/mol. The molecular weight excluding hydrogens is 240 g/mol. The molecule has 0 bridgehead atoms. The van der Waals surface area contributed by atoms with Crippen molar-refractivity contribution in [2.24, 2.45) is 0 Å². The molecule has 2 rings (SSSR count). The van der Waals surface area contributed by atoms with Gasteiger partial charge in [0.2, 0.25) is 0 Å². The van der Waals surface area contributed by atoms with Crippen molar-refractivity contribution in [3.05, 3.63) is 46.1 Å². The van der Waals surface area contributed by atoms with Gasteiger partial charge in [0.05, 0.1) is 11.2 Å². The van der Waals surface area contributed by atoms with Gasteiger partial charge in [-0.1, -0.05) is 17.5 Å². The number of nitrogens with zero attached hydrogens (tertiary/aromatic N) is 3. The van der Waals surface area contributed by atoms with E-state index in [0.717, 1.165) is 4.68 Å². The first-order valence-electron chi connectivity index (χ1n) is 4.81. The first-order chi connectivity index (χ1) is 8.22. The van der Waals surface area contributed by atoms with Crippen molar-refractivity contribution in [1.29, 1.82) is 0 Å². The van der Waals surface area contributed by atoms with E-state index in [1.54, 1.807) is 17.1 Å². The second kappa shape index (κ2) is 4.76. The molecule has 0 aromatic carbocycles. The number of hydrogen-bond acceptors (Lipinski definition) is 3. The highest BCUT2D eigenvalue weighted by atomic mass is 35.5. The first kappa shape index (κ1) is 11.3. The SMILES string of the molecule is C#CCn1ncc(Cl)c(Nn2cccc2)c1=O. The molecule has 5 nitrogen and oxygen atoms in total. The lowest BCUT2D eigenvalue weighted by molar-refractivity contribution is 0.662. The Kier molecular flexibility index (Phi) is 3.17. The smallest absolute Gasteiger partial charge is 0.288 e. The van der Waals surface area contributed by atoms with Crippen molar-refractivity contribution >= 4 is 17.3 Å². The van der Waals surface area contributed by atoms with Crippen LogP contribution in [0, 0.1) is 12.3 Å². The van der Waals surface area contributed by atoms with Crippen LogP contribution in [0.25, 0.3) is 0 Å². The van der Waals surface area contributed by atoms with E-state index in [1.165, 1.54) is 6.20 Å². The summed E-state index contributed by atoms with van der Waals surface area (Å²) < 4.78 is 2.78. The summed E-state index contributed by atoms with van der Waals surface area (Å²) in [6.45, 7) is 0.108. The molecule has 0 aliphatic rings. The summed E-state index contributed by atoms with van der Waals surface area (Å²) in [7, 11) is 0. The lowest BCUT2D eigenvalue weighted by atomic mass is 10.4. The zero-order valence-electron chi connectivity index (χ0n) is 8.80. The Morgan fingerprint density at radius 1 is 1.47 bits per heavy atom. The maximum atomic E-state index is 12.0. The van der Waals surface area contributed by atoms with Crippen LogP contribution in [0.4, 0.5) is 5.69 Å². The van der Waals surface area contributed by atoms with Gasteiger partial charge in [0, 0.05) is 12.4 Å². The van der Waals surface area contributed by atoms with Crippen molar-refractivity contribution in [2.45, 2.75) is 6.54 Å². The van der Waals surface area contributed by atoms with Gasteiger partial charge in [-0.2, -0.15) is 5.10 Å². The second-order valence-electron chi connectivity index (χ2n) is 3.24. The van der Waals surface area contributed by atoms with E-state index in [0.29, 0.717) is 0 Å². The third-order valence-electron chi connectivity index (χ3n) is 2.08. The van der Waals surface area contributed by atoms with E-state index in [-0.39, 0.29) is 22.8 Å². The fraction of sp³-hybridized carbons (Fsp3) is 0.0909. The molecule has 0 radical (unpaired) electrons. The Labute approximate surface area is 103 Å². The Bertz CT molecular complexity index is 609. The molecule has 0 saturated heterocycles. The van der Waals surface area contributed by atoms with Crippen molar-refractivity contribution in [3.8, 4) is 12.3 Å². The quantitative estimate of drug-likeness (QED) is 0.831. The van der Waals surface area contributed by atoms with Gasteiger partial charge < -0.3 is 0 Å². The Morgan fingerprint density at radius 3 is 2.82 bits per heavy atom. The van der Waals surface area contributed by atoms with Gasteiger partial charge in [0.25, 0.3) is 5.56 Å². The van der Waals surface area contributed by atoms with E-state index in [2.05, 4.69) is 16.4 Å². The third-order valence-corrected chi connectivity index (χ3v) is 2.37. The van der Waals surface area contributed by atoms with E-state index in [9.17, 15) is 4.79 Å². The molecule has 17 heavy (non-hydrogen) atoms. The maximum absolute atomic E-state index is 12.0. The van der Waals surface area contributed by atoms with Crippen LogP contribution in [-0.4, -0.2) is 14.5 Å². The summed E-state index contributed by atoms with van der Waals surface area (Å²) >= 11 is 5.92. The van der Waals surface area contributed by atoms with Gasteiger partial charge in [0.1, 0.15) is 12.2 Å². The molecule has 0 amide bonds. The molecule has 2 heterocycles. The molecule has 0 atom stereocenters. The highest BCUT2D eigenvalue weighted by Crippen LogP contribution is 2.15. The first-order valence-corrected chi connectivity index (χ1v) is 5.19. The molecule has 0 aliphatic heterocycles. The molecule has 2 aromatic heterocycles. The number of aromatic nitrogens is 3. The number of hydrogen-bond donors (Lipinski definition) is 1. The van der Waals surface area contributed by atoms with Gasteiger partial charge in [-0.05, 0) is 12.1 Å². The number of rotatable bonds is 3. The van der Waals surface area contributed by atoms with E-state index >= 15 is 0 Å². The van der Waals surface area contributed by atoms with Gasteiger partial charge >= 0.3 is 0 Å². The molecule has 0 unspecified atom stereocenters. The normalized spacial score (nSPS) is 9.88. The highest BCUT2D eigenvalue weighted by Gasteiger charge is 2.09. The minimum atomic E-state index is -0.357. The maximum Gasteiger partial charge on any atom is 0.294 e. The van der Waals surface area contributed by atoms with E-state index in [1.807, 2.05) is 12.1 Å². The molecule has 0 aliphatic carbocycles. The fourth-order valence-electron chi connectivity index (χ4n) is 1.31. The largest absolute Gasteiger partial charge is 0.294 e. The van der Waals surface area contributed by atoms with Crippen molar-refractivity contribution in [2.75, 3.05) is 5.43 Å². The topological polar surface area (TPSA) is 51.9 Å². The monoisotopic (exact) mass is 248 g/mol. The summed E-state index contributed by atoms with van der Waals surface area (Å²) in [6.07, 6.45) is 10.0. The van der Waals surface area contributed by atoms with Crippen LogP contribution < -0.4 is 11.0 Å². The van der Waals surface area contributed by atoms with Crippen LogP contribution >= 0.6 is 11.6 Å². The highest BCUT2D eigenvalue weighted by molar-refractivity contribution is 6.32. The zero-order valence-corrected chi connectivity index (χ0v) is 9.55. The molecule has 0 spiro atoms. The summed E-state index contributed by atoms with van der Waals surface area (Å²) in [5.41, 5.74) is 2.75. The predicted octanol–water partition coefficient (Wildman–Crippen LogP) is 1.21. The number of halogens is 1. The number of anilines is 1. The average Bonchev–Trinajstić information content (AvgIpc) is 2.81. The van der Waals surface area contributed by atoms with Crippen LogP contribution in [0.1, 0.15) is 0 Å². The number of nitrogens with one attached hydrogen (secondary N) is 1. The molecule has 86 valence electrons. The standard InChI is InChI=1S/C11H9ClN4O/c1-2-5-16-11(17)10(9(12)8-13-16)14-15-6-3-4-7-15/h1,3-4,6-8,14H,5H2. The van der Waals surface area contributed by atoms with Gasteiger partial charge in [0.15, 0.2) is 0 Å². The van der Waals surface area contributed by atoms with Crippen molar-refractivity contribution in [3.63, 3.8) is 0 Å². The van der Waals surface area contributed by atoms with E-state index < -0.39 is 0 Å². The summed E-state index contributed by atoms with van der Waals surface area (Å²) in [5, 5.41) is 4.09. The lowest BCUT2D eigenvalue weighted by Gasteiger charge is -2.09. The molecule has 2 aromatic rings. The third kappa shape index (κ3) is 2.32.